The number of aromatic nitrogens is 2. The molecule has 0 aliphatic heterocycles. The second-order valence-electron chi connectivity index (χ2n) is 5.71. The summed E-state index contributed by atoms with van der Waals surface area (Å²) < 4.78 is 1.78. The van der Waals surface area contributed by atoms with Gasteiger partial charge >= 0.3 is 0 Å². The molecule has 24 heavy (non-hydrogen) atoms. The molecule has 0 fully saturated rings. The molecule has 0 saturated heterocycles. The molecule has 0 saturated carbocycles. The van der Waals surface area contributed by atoms with E-state index >= 15 is 0 Å². The van der Waals surface area contributed by atoms with Crippen LogP contribution in [-0.2, 0) is 0 Å². The molecule has 1 amide bonds. The maximum absolute atomic E-state index is 12.4. The minimum absolute atomic E-state index is 0.137. The summed E-state index contributed by atoms with van der Waals surface area (Å²) in [5, 5.41) is 8.01. The number of hydrogen-bond donors (Lipinski definition) is 1. The number of carbonyl (C=O) groups excluding carboxylic acids is 1. The molecule has 0 aliphatic rings. The molecule has 5 heteroatoms. The standard InChI is InChI=1S/C19H18ClN3O/c1-12-6-4-5-7-17(12)21-19(24)15-8-10-16(11-9-15)23-14(3)18(20)13(2)22-23/h4-11H,1-3H3,(H,21,24). The predicted octanol–water partition coefficient (Wildman–Crippen LogP) is 4.70. The van der Waals surface area contributed by atoms with Crippen LogP contribution in [0, 0.1) is 20.8 Å². The molecule has 0 unspecified atom stereocenters. The van der Waals surface area contributed by atoms with Crippen molar-refractivity contribution in [2.75, 3.05) is 5.32 Å². The Morgan fingerprint density at radius 1 is 1.04 bits per heavy atom. The van der Waals surface area contributed by atoms with E-state index in [1.807, 2.05) is 57.2 Å². The van der Waals surface area contributed by atoms with Gasteiger partial charge in [0.25, 0.3) is 5.91 Å². The topological polar surface area (TPSA) is 46.9 Å². The second-order valence-corrected chi connectivity index (χ2v) is 6.09. The third-order valence-electron chi connectivity index (χ3n) is 3.97. The number of rotatable bonds is 3. The van der Waals surface area contributed by atoms with Gasteiger partial charge in [0.2, 0.25) is 0 Å². The van der Waals surface area contributed by atoms with Crippen molar-refractivity contribution >= 4 is 23.2 Å². The lowest BCUT2D eigenvalue weighted by Crippen LogP contribution is -2.12. The van der Waals surface area contributed by atoms with E-state index < -0.39 is 0 Å². The van der Waals surface area contributed by atoms with E-state index in [2.05, 4.69) is 10.4 Å². The summed E-state index contributed by atoms with van der Waals surface area (Å²) in [6.07, 6.45) is 0. The summed E-state index contributed by atoms with van der Waals surface area (Å²) in [5.74, 6) is -0.137. The van der Waals surface area contributed by atoms with Crippen LogP contribution in [0.4, 0.5) is 5.69 Å². The molecule has 0 atom stereocenters. The van der Waals surface area contributed by atoms with Crippen molar-refractivity contribution in [3.05, 3.63) is 76.1 Å². The Labute approximate surface area is 146 Å². The Hall–Kier alpha value is -2.59. The second kappa shape index (κ2) is 6.49. The van der Waals surface area contributed by atoms with Gasteiger partial charge < -0.3 is 5.32 Å². The molecular formula is C19H18ClN3O. The zero-order valence-electron chi connectivity index (χ0n) is 13.8. The average Bonchev–Trinajstić information content (AvgIpc) is 2.84. The summed E-state index contributed by atoms with van der Waals surface area (Å²) >= 11 is 6.19. The molecule has 0 spiro atoms. The molecular weight excluding hydrogens is 322 g/mol. The lowest BCUT2D eigenvalue weighted by Gasteiger charge is -2.09. The van der Waals surface area contributed by atoms with E-state index in [0.29, 0.717) is 10.6 Å². The van der Waals surface area contributed by atoms with Crippen LogP contribution < -0.4 is 5.32 Å². The van der Waals surface area contributed by atoms with Gasteiger partial charge in [0.15, 0.2) is 0 Å². The van der Waals surface area contributed by atoms with Crippen LogP contribution in [-0.4, -0.2) is 15.7 Å². The third-order valence-corrected chi connectivity index (χ3v) is 4.52. The monoisotopic (exact) mass is 339 g/mol. The van der Waals surface area contributed by atoms with Crippen LogP contribution in [0.1, 0.15) is 27.3 Å². The molecule has 122 valence electrons. The first-order chi connectivity index (χ1) is 11.5. The quantitative estimate of drug-likeness (QED) is 0.751. The van der Waals surface area contributed by atoms with Crippen LogP contribution >= 0.6 is 11.6 Å². The molecule has 1 heterocycles. The Balaban J connectivity index is 1.83. The van der Waals surface area contributed by atoms with Gasteiger partial charge in [0, 0.05) is 11.3 Å². The van der Waals surface area contributed by atoms with E-state index in [0.717, 1.165) is 28.3 Å². The number of benzene rings is 2. The highest BCUT2D eigenvalue weighted by Crippen LogP contribution is 2.22. The van der Waals surface area contributed by atoms with Crippen LogP contribution in [0.15, 0.2) is 48.5 Å². The maximum Gasteiger partial charge on any atom is 0.255 e. The van der Waals surface area contributed by atoms with E-state index in [9.17, 15) is 4.79 Å². The average molecular weight is 340 g/mol. The fraction of sp³-hybridized carbons (Fsp3) is 0.158. The molecule has 3 aromatic rings. The van der Waals surface area contributed by atoms with Crippen LogP contribution in [0.25, 0.3) is 5.69 Å². The molecule has 2 aromatic carbocycles. The van der Waals surface area contributed by atoms with Gasteiger partial charge in [-0.2, -0.15) is 5.10 Å². The first-order valence-corrected chi connectivity index (χ1v) is 8.04. The number of halogens is 1. The van der Waals surface area contributed by atoms with Crippen molar-refractivity contribution in [2.45, 2.75) is 20.8 Å². The Morgan fingerprint density at radius 2 is 1.71 bits per heavy atom. The Morgan fingerprint density at radius 3 is 2.29 bits per heavy atom. The molecule has 0 bridgehead atoms. The largest absolute Gasteiger partial charge is 0.322 e. The van der Waals surface area contributed by atoms with Gasteiger partial charge in [0.05, 0.1) is 22.1 Å². The molecule has 4 nitrogen and oxygen atoms in total. The molecule has 1 aromatic heterocycles. The number of para-hydroxylation sites is 1. The zero-order chi connectivity index (χ0) is 17.3. The molecule has 1 N–H and O–H groups in total. The minimum atomic E-state index is -0.137. The van der Waals surface area contributed by atoms with Gasteiger partial charge in [-0.1, -0.05) is 29.8 Å². The lowest BCUT2D eigenvalue weighted by atomic mass is 10.1. The number of nitrogens with zero attached hydrogens (tertiary/aromatic N) is 2. The number of carbonyl (C=O) groups is 1. The summed E-state index contributed by atoms with van der Waals surface area (Å²) in [6, 6.07) is 15.0. The fourth-order valence-electron chi connectivity index (χ4n) is 2.54. The number of nitrogens with one attached hydrogen (secondary N) is 1. The number of aryl methyl sites for hydroxylation is 2. The van der Waals surface area contributed by atoms with Gasteiger partial charge in [-0.25, -0.2) is 4.68 Å². The highest BCUT2D eigenvalue weighted by Gasteiger charge is 2.12. The van der Waals surface area contributed by atoms with Gasteiger partial charge in [0.1, 0.15) is 0 Å². The number of anilines is 1. The molecule has 0 radical (unpaired) electrons. The van der Waals surface area contributed by atoms with Crippen LogP contribution in [0.3, 0.4) is 0 Å². The first-order valence-electron chi connectivity index (χ1n) is 7.66. The zero-order valence-corrected chi connectivity index (χ0v) is 14.6. The normalized spacial score (nSPS) is 10.7. The Kier molecular flexibility index (Phi) is 4.40. The Bertz CT molecular complexity index is 897. The van der Waals surface area contributed by atoms with Gasteiger partial charge in [-0.15, -0.1) is 0 Å². The van der Waals surface area contributed by atoms with Crippen molar-refractivity contribution in [3.8, 4) is 5.69 Å². The van der Waals surface area contributed by atoms with Crippen molar-refractivity contribution in [2.24, 2.45) is 0 Å². The van der Waals surface area contributed by atoms with Crippen LogP contribution in [0.2, 0.25) is 5.02 Å². The summed E-state index contributed by atoms with van der Waals surface area (Å²) in [6.45, 7) is 5.75. The predicted molar refractivity (Wildman–Crippen MR) is 97.2 cm³/mol. The van der Waals surface area contributed by atoms with Crippen LogP contribution in [0.5, 0.6) is 0 Å². The minimum Gasteiger partial charge on any atom is -0.322 e. The maximum atomic E-state index is 12.4. The summed E-state index contributed by atoms with van der Waals surface area (Å²) in [7, 11) is 0. The lowest BCUT2D eigenvalue weighted by molar-refractivity contribution is 0.102. The van der Waals surface area contributed by atoms with Gasteiger partial charge in [-0.05, 0) is 56.7 Å². The van der Waals surface area contributed by atoms with Gasteiger partial charge in [-0.3, -0.25) is 4.79 Å². The van der Waals surface area contributed by atoms with E-state index in [-0.39, 0.29) is 5.91 Å². The fourth-order valence-corrected chi connectivity index (χ4v) is 2.65. The molecule has 0 aliphatic carbocycles. The van der Waals surface area contributed by atoms with E-state index in [1.165, 1.54) is 0 Å². The first kappa shape index (κ1) is 16.3. The number of amides is 1. The summed E-state index contributed by atoms with van der Waals surface area (Å²) in [5.41, 5.74) is 4.98. The van der Waals surface area contributed by atoms with Crippen molar-refractivity contribution in [1.29, 1.82) is 0 Å². The highest BCUT2D eigenvalue weighted by molar-refractivity contribution is 6.31. The number of hydrogen-bond acceptors (Lipinski definition) is 2. The van der Waals surface area contributed by atoms with Crippen molar-refractivity contribution < 1.29 is 4.79 Å². The summed E-state index contributed by atoms with van der Waals surface area (Å²) in [4.78, 5) is 12.4. The third kappa shape index (κ3) is 3.05. The molecule has 3 rings (SSSR count). The smallest absolute Gasteiger partial charge is 0.255 e. The SMILES string of the molecule is Cc1ccccc1NC(=O)c1ccc(-n2nc(C)c(Cl)c2C)cc1. The van der Waals surface area contributed by atoms with Crippen molar-refractivity contribution in [1.82, 2.24) is 9.78 Å². The van der Waals surface area contributed by atoms with E-state index in [4.69, 9.17) is 11.6 Å². The highest BCUT2D eigenvalue weighted by atomic mass is 35.5. The van der Waals surface area contributed by atoms with E-state index in [1.54, 1.807) is 16.8 Å². The van der Waals surface area contributed by atoms with Crippen molar-refractivity contribution in [3.63, 3.8) is 0 Å².